The molecule has 0 spiro atoms. The van der Waals surface area contributed by atoms with E-state index < -0.39 is 0 Å². The van der Waals surface area contributed by atoms with Crippen molar-refractivity contribution in [3.8, 4) is 11.4 Å². The van der Waals surface area contributed by atoms with Crippen LogP contribution in [-0.2, 0) is 10.2 Å². The lowest BCUT2D eigenvalue weighted by molar-refractivity contribution is -0.118. The number of amides is 1. The third-order valence-corrected chi connectivity index (χ3v) is 7.79. The minimum Gasteiger partial charge on any atom is -0.355 e. The van der Waals surface area contributed by atoms with Gasteiger partial charge in [0.25, 0.3) is 0 Å². The van der Waals surface area contributed by atoms with E-state index in [9.17, 15) is 4.79 Å². The molecular formula is C27H38N4OS. The van der Waals surface area contributed by atoms with Gasteiger partial charge >= 0.3 is 0 Å². The van der Waals surface area contributed by atoms with E-state index in [1.807, 2.05) is 0 Å². The van der Waals surface area contributed by atoms with E-state index >= 15 is 0 Å². The van der Waals surface area contributed by atoms with Gasteiger partial charge < -0.3 is 5.32 Å². The molecule has 6 heteroatoms. The van der Waals surface area contributed by atoms with Gasteiger partial charge in [0.2, 0.25) is 5.91 Å². The van der Waals surface area contributed by atoms with Crippen LogP contribution in [-0.4, -0.2) is 33.0 Å². The standard InChI is InChI=1S/C27H38N4OS/c1-27(2,3)22-15-13-21(14-16-22)25-29-30-26(31(25)23-11-7-8-12-23)33-19-24(32)28-18-17-20-9-5-4-6-10-20/h9,13-16,23H,4-8,10-12,17-19H2,1-3H3,(H,28,32). The number of nitrogens with zero attached hydrogens (tertiary/aromatic N) is 3. The molecule has 1 saturated carbocycles. The smallest absolute Gasteiger partial charge is 0.230 e. The second-order valence-electron chi connectivity index (χ2n) is 10.4. The molecule has 33 heavy (non-hydrogen) atoms. The van der Waals surface area contributed by atoms with Crippen molar-refractivity contribution in [1.82, 2.24) is 20.1 Å². The number of carbonyl (C=O) groups is 1. The van der Waals surface area contributed by atoms with E-state index in [2.05, 4.69) is 71.2 Å². The molecule has 4 rings (SSSR count). The first-order valence-corrected chi connectivity index (χ1v) is 13.5. The van der Waals surface area contributed by atoms with Crippen LogP contribution in [0.3, 0.4) is 0 Å². The fraction of sp³-hybridized carbons (Fsp3) is 0.593. The summed E-state index contributed by atoms with van der Waals surface area (Å²) in [4.78, 5) is 12.5. The lowest BCUT2D eigenvalue weighted by Crippen LogP contribution is -2.26. The monoisotopic (exact) mass is 466 g/mol. The highest BCUT2D eigenvalue weighted by atomic mass is 32.2. The summed E-state index contributed by atoms with van der Waals surface area (Å²) in [5.74, 6) is 1.38. The normalized spacial score (nSPS) is 17.2. The first-order chi connectivity index (χ1) is 15.9. The van der Waals surface area contributed by atoms with E-state index in [1.54, 1.807) is 0 Å². The average Bonchev–Trinajstić information content (AvgIpc) is 3.47. The van der Waals surface area contributed by atoms with Gasteiger partial charge in [-0.05, 0) is 55.9 Å². The highest BCUT2D eigenvalue weighted by Gasteiger charge is 2.25. The molecule has 0 bridgehead atoms. The Hall–Kier alpha value is -2.08. The Labute approximate surface area is 202 Å². The van der Waals surface area contributed by atoms with Gasteiger partial charge in [-0.3, -0.25) is 9.36 Å². The Kier molecular flexibility index (Phi) is 7.94. The number of thioether (sulfide) groups is 1. The number of nitrogens with one attached hydrogen (secondary N) is 1. The first-order valence-electron chi connectivity index (χ1n) is 12.5. The van der Waals surface area contributed by atoms with Crippen LogP contribution in [0.25, 0.3) is 11.4 Å². The van der Waals surface area contributed by atoms with E-state index in [-0.39, 0.29) is 11.3 Å². The molecule has 2 aliphatic rings. The fourth-order valence-electron chi connectivity index (χ4n) is 4.86. The molecule has 2 aliphatic carbocycles. The van der Waals surface area contributed by atoms with Gasteiger partial charge in [-0.15, -0.1) is 10.2 Å². The van der Waals surface area contributed by atoms with Crippen molar-refractivity contribution in [3.63, 3.8) is 0 Å². The third kappa shape index (κ3) is 6.28. The van der Waals surface area contributed by atoms with E-state index in [4.69, 9.17) is 0 Å². The van der Waals surface area contributed by atoms with Crippen molar-refractivity contribution in [2.75, 3.05) is 12.3 Å². The molecule has 5 nitrogen and oxygen atoms in total. The van der Waals surface area contributed by atoms with Crippen LogP contribution in [0.1, 0.15) is 90.2 Å². The van der Waals surface area contributed by atoms with Crippen LogP contribution in [0.15, 0.2) is 41.1 Å². The molecule has 1 N–H and O–H groups in total. The Morgan fingerprint density at radius 1 is 1.09 bits per heavy atom. The van der Waals surface area contributed by atoms with Crippen molar-refractivity contribution in [2.45, 2.75) is 95.2 Å². The van der Waals surface area contributed by atoms with E-state index in [0.29, 0.717) is 11.8 Å². The van der Waals surface area contributed by atoms with Gasteiger partial charge in [-0.25, -0.2) is 0 Å². The van der Waals surface area contributed by atoms with Crippen molar-refractivity contribution in [2.24, 2.45) is 0 Å². The van der Waals surface area contributed by atoms with Crippen LogP contribution in [0.5, 0.6) is 0 Å². The van der Waals surface area contributed by atoms with Crippen LogP contribution in [0.4, 0.5) is 0 Å². The van der Waals surface area contributed by atoms with Crippen LogP contribution < -0.4 is 5.32 Å². The maximum Gasteiger partial charge on any atom is 0.230 e. The molecule has 0 unspecified atom stereocenters. The van der Waals surface area contributed by atoms with E-state index in [1.165, 1.54) is 61.4 Å². The predicted molar refractivity (Wildman–Crippen MR) is 137 cm³/mol. The lowest BCUT2D eigenvalue weighted by Gasteiger charge is -2.20. The minimum absolute atomic E-state index is 0.0773. The topological polar surface area (TPSA) is 59.8 Å². The molecular weight excluding hydrogens is 428 g/mol. The van der Waals surface area contributed by atoms with Gasteiger partial charge in [0.15, 0.2) is 11.0 Å². The summed E-state index contributed by atoms with van der Waals surface area (Å²) >= 11 is 1.51. The Morgan fingerprint density at radius 3 is 2.52 bits per heavy atom. The highest BCUT2D eigenvalue weighted by Crippen LogP contribution is 2.37. The molecule has 0 saturated heterocycles. The average molecular weight is 467 g/mol. The number of benzene rings is 1. The molecule has 0 atom stereocenters. The highest BCUT2D eigenvalue weighted by molar-refractivity contribution is 7.99. The number of hydrogen-bond donors (Lipinski definition) is 1. The van der Waals surface area contributed by atoms with Crippen molar-refractivity contribution < 1.29 is 4.79 Å². The number of allylic oxidation sites excluding steroid dienone is 1. The quantitative estimate of drug-likeness (QED) is 0.358. The second kappa shape index (κ2) is 10.9. The summed E-state index contributed by atoms with van der Waals surface area (Å²) in [6.45, 7) is 7.42. The van der Waals surface area contributed by atoms with Crippen molar-refractivity contribution in [1.29, 1.82) is 0 Å². The summed E-state index contributed by atoms with van der Waals surface area (Å²) in [5, 5.41) is 13.1. The maximum atomic E-state index is 12.5. The zero-order valence-corrected chi connectivity index (χ0v) is 21.2. The molecule has 2 aromatic rings. The minimum atomic E-state index is 0.0773. The van der Waals surface area contributed by atoms with Crippen molar-refractivity contribution >= 4 is 17.7 Å². The third-order valence-electron chi connectivity index (χ3n) is 6.85. The predicted octanol–water partition coefficient (Wildman–Crippen LogP) is 6.46. The van der Waals surface area contributed by atoms with Crippen LogP contribution >= 0.6 is 11.8 Å². The van der Waals surface area contributed by atoms with E-state index in [0.717, 1.165) is 42.4 Å². The summed E-state index contributed by atoms with van der Waals surface area (Å²) in [6, 6.07) is 9.14. The fourth-order valence-corrected chi connectivity index (χ4v) is 5.69. The van der Waals surface area contributed by atoms with Gasteiger partial charge in [0, 0.05) is 18.2 Å². The first kappa shape index (κ1) is 24.1. The molecule has 1 aromatic heterocycles. The van der Waals surface area contributed by atoms with Gasteiger partial charge in [0.1, 0.15) is 0 Å². The summed E-state index contributed by atoms with van der Waals surface area (Å²) < 4.78 is 2.30. The second-order valence-corrected chi connectivity index (χ2v) is 11.4. The number of hydrogen-bond acceptors (Lipinski definition) is 4. The maximum absolute atomic E-state index is 12.5. The Bertz CT molecular complexity index is 965. The summed E-state index contributed by atoms with van der Waals surface area (Å²) in [5.41, 5.74) is 4.03. The number of aromatic nitrogens is 3. The van der Waals surface area contributed by atoms with Gasteiger partial charge in [-0.1, -0.05) is 81.3 Å². The molecule has 1 fully saturated rings. The molecule has 1 amide bonds. The van der Waals surface area contributed by atoms with Crippen LogP contribution in [0, 0.1) is 0 Å². The molecule has 178 valence electrons. The van der Waals surface area contributed by atoms with Crippen LogP contribution in [0.2, 0.25) is 0 Å². The number of carbonyl (C=O) groups excluding carboxylic acids is 1. The van der Waals surface area contributed by atoms with Crippen molar-refractivity contribution in [3.05, 3.63) is 41.5 Å². The molecule has 1 heterocycles. The van der Waals surface area contributed by atoms with Gasteiger partial charge in [-0.2, -0.15) is 0 Å². The largest absolute Gasteiger partial charge is 0.355 e. The zero-order chi connectivity index (χ0) is 23.3. The summed E-state index contributed by atoms with van der Waals surface area (Å²) in [7, 11) is 0. The summed E-state index contributed by atoms with van der Waals surface area (Å²) in [6.07, 6.45) is 13.1. The van der Waals surface area contributed by atoms with Gasteiger partial charge in [0.05, 0.1) is 5.75 Å². The Balaban J connectivity index is 1.42. The zero-order valence-electron chi connectivity index (χ0n) is 20.4. The SMILES string of the molecule is CC(C)(C)c1ccc(-c2nnc(SCC(=O)NCCC3=CCCCC3)n2C2CCCC2)cc1. The Morgan fingerprint density at radius 2 is 1.85 bits per heavy atom. The molecule has 0 aliphatic heterocycles. The molecule has 1 aromatic carbocycles. The number of rotatable bonds is 8. The lowest BCUT2D eigenvalue weighted by atomic mass is 9.86. The molecule has 0 radical (unpaired) electrons.